The predicted molar refractivity (Wildman–Crippen MR) is 77.5 cm³/mol. The van der Waals surface area contributed by atoms with Crippen LogP contribution in [0.5, 0.6) is 5.75 Å². The van der Waals surface area contributed by atoms with E-state index in [1.54, 1.807) is 14.0 Å². The topological polar surface area (TPSA) is 74.2 Å². The molecule has 0 atom stereocenters. The van der Waals surface area contributed by atoms with Gasteiger partial charge in [-0.15, -0.1) is 10.2 Å². The molecule has 0 fully saturated rings. The Kier molecular flexibility index (Phi) is 5.04. The van der Waals surface area contributed by atoms with Crippen molar-refractivity contribution in [2.24, 2.45) is 5.73 Å². The van der Waals surface area contributed by atoms with Crippen LogP contribution in [-0.4, -0.2) is 23.9 Å². The second-order valence-electron chi connectivity index (χ2n) is 3.90. The highest BCUT2D eigenvalue weighted by Gasteiger charge is 2.07. The predicted octanol–water partition coefficient (Wildman–Crippen LogP) is 1.99. The lowest BCUT2D eigenvalue weighted by atomic mass is 10.1. The van der Waals surface area contributed by atoms with Gasteiger partial charge in [-0.2, -0.15) is 0 Å². The summed E-state index contributed by atoms with van der Waals surface area (Å²) in [4.78, 5) is 0. The number of nitrogens with zero attached hydrogens (tertiary/aromatic N) is 2. The normalized spacial score (nSPS) is 9.95. The molecule has 2 N–H and O–H groups in total. The van der Waals surface area contributed by atoms with Crippen LogP contribution in [0.3, 0.4) is 0 Å². The van der Waals surface area contributed by atoms with Gasteiger partial charge in [0.15, 0.2) is 0 Å². The van der Waals surface area contributed by atoms with Crippen molar-refractivity contribution in [3.05, 3.63) is 35.2 Å². The minimum atomic E-state index is 0.335. The lowest BCUT2D eigenvalue weighted by Gasteiger charge is -2.06. The first-order valence-electron chi connectivity index (χ1n) is 6.01. The van der Waals surface area contributed by atoms with Gasteiger partial charge in [-0.3, -0.25) is 0 Å². The van der Waals surface area contributed by atoms with Gasteiger partial charge < -0.3 is 14.9 Å². The van der Waals surface area contributed by atoms with Gasteiger partial charge in [0.2, 0.25) is 5.89 Å². The van der Waals surface area contributed by atoms with Crippen molar-refractivity contribution in [1.29, 1.82) is 0 Å². The highest BCUT2D eigenvalue weighted by atomic mass is 32.2. The summed E-state index contributed by atoms with van der Waals surface area (Å²) < 4.78 is 10.6. The molecule has 104 valence electrons. The molecule has 1 aromatic carbocycles. The Labute approximate surface area is 121 Å². The Bertz CT molecular complexity index is 643. The van der Waals surface area contributed by atoms with Crippen molar-refractivity contribution in [3.63, 3.8) is 0 Å². The van der Waals surface area contributed by atoms with Crippen LogP contribution in [0, 0.1) is 18.8 Å². The van der Waals surface area contributed by atoms with E-state index in [1.165, 1.54) is 11.8 Å². The molecule has 20 heavy (non-hydrogen) atoms. The van der Waals surface area contributed by atoms with Gasteiger partial charge in [0.05, 0.1) is 13.7 Å². The number of aryl methyl sites for hydroxylation is 1. The smallest absolute Gasteiger partial charge is 0.276 e. The summed E-state index contributed by atoms with van der Waals surface area (Å²) in [5, 5.41) is 8.30. The molecule has 0 unspecified atom stereocenters. The molecule has 0 aliphatic carbocycles. The van der Waals surface area contributed by atoms with E-state index in [2.05, 4.69) is 22.0 Å². The number of methoxy groups -OCH3 is 1. The Morgan fingerprint density at radius 1 is 1.40 bits per heavy atom. The Hall–Kier alpha value is -1.97. The summed E-state index contributed by atoms with van der Waals surface area (Å²) in [5.74, 6) is 7.94. The van der Waals surface area contributed by atoms with Crippen molar-refractivity contribution in [1.82, 2.24) is 10.2 Å². The fourth-order valence-electron chi connectivity index (χ4n) is 1.56. The molecular formula is C14H15N3O2S. The van der Waals surface area contributed by atoms with Crippen LogP contribution < -0.4 is 10.5 Å². The largest absolute Gasteiger partial charge is 0.497 e. The maximum atomic E-state index is 5.41. The molecule has 0 amide bonds. The number of thioether (sulfide) groups is 1. The van der Waals surface area contributed by atoms with Crippen molar-refractivity contribution in [2.75, 3.05) is 13.7 Å². The van der Waals surface area contributed by atoms with Crippen LogP contribution in [0.4, 0.5) is 0 Å². The van der Waals surface area contributed by atoms with Gasteiger partial charge in [-0.05, 0) is 23.8 Å². The van der Waals surface area contributed by atoms with Crippen LogP contribution in [0.2, 0.25) is 0 Å². The molecule has 0 aliphatic heterocycles. The monoisotopic (exact) mass is 289 g/mol. The summed E-state index contributed by atoms with van der Waals surface area (Å²) in [5.41, 5.74) is 7.39. The maximum Gasteiger partial charge on any atom is 0.276 e. The number of aromatic nitrogens is 2. The summed E-state index contributed by atoms with van der Waals surface area (Å²) in [6.45, 7) is 2.10. The van der Waals surface area contributed by atoms with Gasteiger partial charge in [-0.1, -0.05) is 23.6 Å². The molecule has 0 bridgehead atoms. The van der Waals surface area contributed by atoms with Gasteiger partial charge in [-0.25, -0.2) is 0 Å². The molecule has 0 aliphatic rings. The molecule has 0 radical (unpaired) electrons. The summed E-state index contributed by atoms with van der Waals surface area (Å²) in [7, 11) is 1.64. The molecule has 1 heterocycles. The van der Waals surface area contributed by atoms with E-state index >= 15 is 0 Å². The zero-order valence-electron chi connectivity index (χ0n) is 11.3. The standard InChI is InChI=1S/C14H15N3O2S/c1-10-16-17-14(19-10)20-9-12-8-13(18-2)6-5-11(12)4-3-7-15/h5-6,8H,7,9,15H2,1-2H3. The SMILES string of the molecule is COc1ccc(C#CCN)c(CSc2nnc(C)o2)c1. The van der Waals surface area contributed by atoms with Gasteiger partial charge >= 0.3 is 0 Å². The van der Waals surface area contributed by atoms with Crippen LogP contribution in [-0.2, 0) is 5.75 Å². The van der Waals surface area contributed by atoms with Crippen LogP contribution >= 0.6 is 11.8 Å². The highest BCUT2D eigenvalue weighted by Crippen LogP contribution is 2.25. The Morgan fingerprint density at radius 2 is 2.25 bits per heavy atom. The average molecular weight is 289 g/mol. The summed E-state index contributed by atoms with van der Waals surface area (Å²) >= 11 is 1.47. The van der Waals surface area contributed by atoms with E-state index in [0.717, 1.165) is 16.9 Å². The molecule has 6 heteroatoms. The Balaban J connectivity index is 2.18. The van der Waals surface area contributed by atoms with E-state index in [9.17, 15) is 0 Å². The third-order valence-electron chi connectivity index (χ3n) is 2.50. The molecule has 0 saturated carbocycles. The van der Waals surface area contributed by atoms with Crippen molar-refractivity contribution >= 4 is 11.8 Å². The van der Waals surface area contributed by atoms with E-state index in [0.29, 0.717) is 23.4 Å². The lowest BCUT2D eigenvalue weighted by Crippen LogP contribution is -1.95. The molecule has 0 saturated heterocycles. The van der Waals surface area contributed by atoms with Crippen LogP contribution in [0.25, 0.3) is 0 Å². The third-order valence-corrected chi connectivity index (χ3v) is 3.36. The fraction of sp³-hybridized carbons (Fsp3) is 0.286. The van der Waals surface area contributed by atoms with Crippen LogP contribution in [0.1, 0.15) is 17.0 Å². The minimum absolute atomic E-state index is 0.335. The van der Waals surface area contributed by atoms with Crippen molar-refractivity contribution in [3.8, 4) is 17.6 Å². The molecule has 2 rings (SSSR count). The number of nitrogens with two attached hydrogens (primary N) is 1. The number of benzene rings is 1. The van der Waals surface area contributed by atoms with Crippen LogP contribution in [0.15, 0.2) is 27.8 Å². The van der Waals surface area contributed by atoms with E-state index < -0.39 is 0 Å². The molecule has 0 spiro atoms. The lowest BCUT2D eigenvalue weighted by molar-refractivity contribution is 0.414. The van der Waals surface area contributed by atoms with Gasteiger partial charge in [0, 0.05) is 18.2 Å². The molecular weight excluding hydrogens is 274 g/mol. The fourth-order valence-corrected chi connectivity index (χ4v) is 2.36. The second-order valence-corrected chi connectivity index (χ2v) is 4.83. The first-order valence-corrected chi connectivity index (χ1v) is 7.00. The number of ether oxygens (including phenoxy) is 1. The highest BCUT2D eigenvalue weighted by molar-refractivity contribution is 7.98. The number of hydrogen-bond donors (Lipinski definition) is 1. The van der Waals surface area contributed by atoms with Crippen molar-refractivity contribution < 1.29 is 9.15 Å². The van der Waals surface area contributed by atoms with E-state index in [-0.39, 0.29) is 0 Å². The number of rotatable bonds is 4. The van der Waals surface area contributed by atoms with Gasteiger partial charge in [0.1, 0.15) is 5.75 Å². The average Bonchev–Trinajstić information content (AvgIpc) is 2.89. The Morgan fingerprint density at radius 3 is 2.90 bits per heavy atom. The third kappa shape index (κ3) is 3.76. The van der Waals surface area contributed by atoms with E-state index in [1.807, 2.05) is 18.2 Å². The quantitative estimate of drug-likeness (QED) is 0.685. The van der Waals surface area contributed by atoms with Gasteiger partial charge in [0.25, 0.3) is 5.22 Å². The molecule has 5 nitrogen and oxygen atoms in total. The summed E-state index contributed by atoms with van der Waals surface area (Å²) in [6, 6.07) is 5.76. The zero-order chi connectivity index (χ0) is 14.4. The zero-order valence-corrected chi connectivity index (χ0v) is 12.2. The molecule has 1 aromatic heterocycles. The minimum Gasteiger partial charge on any atom is -0.497 e. The molecule has 2 aromatic rings. The first-order chi connectivity index (χ1) is 9.72. The van der Waals surface area contributed by atoms with Crippen molar-refractivity contribution in [2.45, 2.75) is 17.9 Å². The summed E-state index contributed by atoms with van der Waals surface area (Å²) in [6.07, 6.45) is 0. The maximum absolute atomic E-state index is 5.41. The second kappa shape index (κ2) is 6.98. The first kappa shape index (κ1) is 14.4. The van der Waals surface area contributed by atoms with E-state index in [4.69, 9.17) is 14.9 Å². The number of hydrogen-bond acceptors (Lipinski definition) is 6.